The standard InChI is InChI=1S/C29H27BrO6/c1-3-34-27(32)29(28(33)35-4-2)23(24(31)19-11-7-5-8-12-19)25(20-13-9-6-10-14-20)36-26(29)21-15-17-22(30)18-16-21/h5-18,23,25-26H,3-4H2,1-2H3/t23-,25-,26+/m1/s1. The van der Waals surface area contributed by atoms with Crippen molar-refractivity contribution in [2.45, 2.75) is 26.1 Å². The monoisotopic (exact) mass is 550 g/mol. The Labute approximate surface area is 218 Å². The summed E-state index contributed by atoms with van der Waals surface area (Å²) in [5, 5.41) is 0. The molecule has 0 aromatic heterocycles. The number of carbonyl (C=O) groups is 3. The highest BCUT2D eigenvalue weighted by Gasteiger charge is 2.70. The minimum Gasteiger partial charge on any atom is -0.465 e. The molecule has 6 nitrogen and oxygen atoms in total. The van der Waals surface area contributed by atoms with Gasteiger partial charge in [0.2, 0.25) is 5.41 Å². The van der Waals surface area contributed by atoms with E-state index in [2.05, 4.69) is 15.9 Å². The van der Waals surface area contributed by atoms with Crippen LogP contribution in [0.5, 0.6) is 0 Å². The van der Waals surface area contributed by atoms with E-state index >= 15 is 0 Å². The zero-order valence-corrected chi connectivity index (χ0v) is 21.6. The lowest BCUT2D eigenvalue weighted by atomic mass is 9.66. The Hall–Kier alpha value is -3.29. The molecule has 0 saturated carbocycles. The fourth-order valence-corrected chi connectivity index (χ4v) is 5.07. The van der Waals surface area contributed by atoms with Crippen LogP contribution in [0.25, 0.3) is 0 Å². The maximum absolute atomic E-state index is 14.2. The lowest BCUT2D eigenvalue weighted by Crippen LogP contribution is -2.51. The van der Waals surface area contributed by atoms with Gasteiger partial charge in [0.25, 0.3) is 0 Å². The number of hydrogen-bond acceptors (Lipinski definition) is 6. The van der Waals surface area contributed by atoms with Gasteiger partial charge in [0, 0.05) is 10.0 Å². The lowest BCUT2D eigenvalue weighted by Gasteiger charge is -2.33. The van der Waals surface area contributed by atoms with Crippen molar-refractivity contribution in [2.24, 2.45) is 11.3 Å². The van der Waals surface area contributed by atoms with Gasteiger partial charge < -0.3 is 14.2 Å². The molecule has 0 aliphatic carbocycles. The van der Waals surface area contributed by atoms with Crippen LogP contribution in [0.4, 0.5) is 0 Å². The van der Waals surface area contributed by atoms with Gasteiger partial charge in [0.1, 0.15) is 6.10 Å². The SMILES string of the molecule is CCOC(=O)C1(C(=O)OCC)[C@H](C(=O)c2ccccc2)[C@@H](c2ccccc2)O[C@H]1c1ccc(Br)cc1. The van der Waals surface area contributed by atoms with E-state index in [0.29, 0.717) is 16.7 Å². The molecule has 1 saturated heterocycles. The first-order valence-electron chi connectivity index (χ1n) is 11.8. The highest BCUT2D eigenvalue weighted by molar-refractivity contribution is 9.10. The second kappa shape index (κ2) is 11.2. The molecule has 1 heterocycles. The largest absolute Gasteiger partial charge is 0.465 e. The van der Waals surface area contributed by atoms with E-state index in [9.17, 15) is 14.4 Å². The second-order valence-electron chi connectivity index (χ2n) is 8.42. The third-order valence-corrected chi connectivity index (χ3v) is 6.89. The smallest absolute Gasteiger partial charge is 0.327 e. The molecule has 4 rings (SSSR count). The van der Waals surface area contributed by atoms with E-state index in [-0.39, 0.29) is 13.2 Å². The molecule has 3 atom stereocenters. The molecule has 0 N–H and O–H groups in total. The Bertz CT molecular complexity index is 1190. The maximum Gasteiger partial charge on any atom is 0.327 e. The van der Waals surface area contributed by atoms with Crippen molar-refractivity contribution in [1.29, 1.82) is 0 Å². The quantitative estimate of drug-likeness (QED) is 0.198. The van der Waals surface area contributed by atoms with Crippen LogP contribution in [-0.2, 0) is 23.8 Å². The summed E-state index contributed by atoms with van der Waals surface area (Å²) >= 11 is 3.43. The van der Waals surface area contributed by atoms with Crippen molar-refractivity contribution in [3.63, 3.8) is 0 Å². The van der Waals surface area contributed by atoms with Gasteiger partial charge in [-0.2, -0.15) is 0 Å². The molecule has 3 aromatic carbocycles. The first-order chi connectivity index (χ1) is 17.4. The number of Topliss-reactive ketones (excluding diaryl/α,β-unsaturated/α-hetero) is 1. The Kier molecular flexibility index (Phi) is 8.01. The number of benzene rings is 3. The van der Waals surface area contributed by atoms with Gasteiger partial charge in [-0.1, -0.05) is 88.7 Å². The molecule has 7 heteroatoms. The Morgan fingerprint density at radius 3 is 1.83 bits per heavy atom. The van der Waals surface area contributed by atoms with Crippen LogP contribution >= 0.6 is 15.9 Å². The summed E-state index contributed by atoms with van der Waals surface area (Å²) in [5.74, 6) is -3.31. The van der Waals surface area contributed by atoms with Crippen LogP contribution in [0, 0.1) is 11.3 Å². The Morgan fingerprint density at radius 1 is 0.778 bits per heavy atom. The molecular formula is C29H27BrO6. The van der Waals surface area contributed by atoms with Crippen molar-refractivity contribution < 1.29 is 28.6 Å². The summed E-state index contributed by atoms with van der Waals surface area (Å²) in [5.41, 5.74) is -0.470. The lowest BCUT2D eigenvalue weighted by molar-refractivity contribution is -0.178. The van der Waals surface area contributed by atoms with E-state index in [0.717, 1.165) is 4.47 Å². The van der Waals surface area contributed by atoms with Crippen molar-refractivity contribution >= 4 is 33.7 Å². The van der Waals surface area contributed by atoms with Crippen LogP contribution in [0.2, 0.25) is 0 Å². The predicted molar refractivity (Wildman–Crippen MR) is 137 cm³/mol. The zero-order valence-electron chi connectivity index (χ0n) is 20.1. The molecule has 1 aliphatic heterocycles. The Balaban J connectivity index is 2.02. The van der Waals surface area contributed by atoms with Gasteiger partial charge in [-0.05, 0) is 37.1 Å². The topological polar surface area (TPSA) is 78.9 Å². The van der Waals surface area contributed by atoms with Crippen LogP contribution in [0.15, 0.2) is 89.4 Å². The number of halogens is 1. The Morgan fingerprint density at radius 2 is 1.31 bits per heavy atom. The molecule has 0 radical (unpaired) electrons. The van der Waals surface area contributed by atoms with Crippen molar-refractivity contribution in [1.82, 2.24) is 0 Å². The summed E-state index contributed by atoms with van der Waals surface area (Å²) in [6.45, 7) is 3.36. The molecule has 186 valence electrons. The van der Waals surface area contributed by atoms with Gasteiger partial charge >= 0.3 is 11.9 Å². The molecule has 0 amide bonds. The highest BCUT2D eigenvalue weighted by atomic mass is 79.9. The summed E-state index contributed by atoms with van der Waals surface area (Å²) in [6, 6.07) is 24.9. The van der Waals surface area contributed by atoms with E-state index in [1.54, 1.807) is 68.4 Å². The van der Waals surface area contributed by atoms with Gasteiger partial charge in [-0.3, -0.25) is 14.4 Å². The highest BCUT2D eigenvalue weighted by Crippen LogP contribution is 2.59. The first kappa shape index (κ1) is 25.8. The van der Waals surface area contributed by atoms with E-state index < -0.39 is 41.3 Å². The van der Waals surface area contributed by atoms with Crippen LogP contribution in [0.3, 0.4) is 0 Å². The zero-order chi connectivity index (χ0) is 25.7. The summed E-state index contributed by atoms with van der Waals surface area (Å²) in [6.07, 6.45) is -2.02. The third kappa shape index (κ3) is 4.61. The van der Waals surface area contributed by atoms with E-state index in [1.165, 1.54) is 0 Å². The van der Waals surface area contributed by atoms with Crippen LogP contribution < -0.4 is 0 Å². The summed E-state index contributed by atoms with van der Waals surface area (Å²) in [7, 11) is 0. The molecular weight excluding hydrogens is 524 g/mol. The van der Waals surface area contributed by atoms with Crippen molar-refractivity contribution in [3.8, 4) is 0 Å². The molecule has 36 heavy (non-hydrogen) atoms. The van der Waals surface area contributed by atoms with Gasteiger partial charge in [0.05, 0.1) is 25.2 Å². The predicted octanol–water partition coefficient (Wildman–Crippen LogP) is 5.87. The second-order valence-corrected chi connectivity index (χ2v) is 9.33. The normalized spacial score (nSPS) is 20.5. The molecule has 0 spiro atoms. The summed E-state index contributed by atoms with van der Waals surface area (Å²) < 4.78 is 18.3. The number of hydrogen-bond donors (Lipinski definition) is 0. The fraction of sp³-hybridized carbons (Fsp3) is 0.276. The van der Waals surface area contributed by atoms with E-state index in [4.69, 9.17) is 14.2 Å². The molecule has 0 bridgehead atoms. The van der Waals surface area contributed by atoms with Crippen LogP contribution in [-0.4, -0.2) is 30.9 Å². The third-order valence-electron chi connectivity index (χ3n) is 6.36. The minimum absolute atomic E-state index is 0.0231. The van der Waals surface area contributed by atoms with Crippen molar-refractivity contribution in [3.05, 3.63) is 106 Å². The molecule has 1 fully saturated rings. The molecule has 0 unspecified atom stereocenters. The average Bonchev–Trinajstić information content (AvgIpc) is 3.27. The van der Waals surface area contributed by atoms with E-state index in [1.807, 2.05) is 30.3 Å². The van der Waals surface area contributed by atoms with Crippen LogP contribution in [0.1, 0.15) is 47.5 Å². The maximum atomic E-state index is 14.2. The number of ether oxygens (including phenoxy) is 3. The number of carbonyl (C=O) groups excluding carboxylic acids is 3. The van der Waals surface area contributed by atoms with Gasteiger partial charge in [-0.25, -0.2) is 0 Å². The number of ketones is 1. The number of esters is 2. The van der Waals surface area contributed by atoms with Crippen molar-refractivity contribution in [2.75, 3.05) is 13.2 Å². The number of rotatable bonds is 8. The fourth-order valence-electron chi connectivity index (χ4n) is 4.81. The first-order valence-corrected chi connectivity index (χ1v) is 12.6. The van der Waals surface area contributed by atoms with Gasteiger partial charge in [0.15, 0.2) is 5.78 Å². The van der Waals surface area contributed by atoms with Gasteiger partial charge in [-0.15, -0.1) is 0 Å². The summed E-state index contributed by atoms with van der Waals surface area (Å²) in [4.78, 5) is 42.0. The molecule has 3 aromatic rings. The average molecular weight is 551 g/mol. The minimum atomic E-state index is -2.06. The molecule has 1 aliphatic rings.